The van der Waals surface area contributed by atoms with Crippen LogP contribution in [0, 0.1) is 6.92 Å². The van der Waals surface area contributed by atoms with Crippen LogP contribution in [0.5, 0.6) is 6.01 Å². The first-order chi connectivity index (χ1) is 8.11. The van der Waals surface area contributed by atoms with Crippen molar-refractivity contribution in [1.82, 2.24) is 14.8 Å². The van der Waals surface area contributed by atoms with Gasteiger partial charge in [-0.15, -0.1) is 5.10 Å². The van der Waals surface area contributed by atoms with Gasteiger partial charge >= 0.3 is 11.7 Å². The van der Waals surface area contributed by atoms with Gasteiger partial charge in [0.25, 0.3) is 0 Å². The normalized spacial score (nSPS) is 10.5. The minimum absolute atomic E-state index is 0.277. The van der Waals surface area contributed by atoms with Crippen LogP contribution in [0.1, 0.15) is 11.1 Å². The van der Waals surface area contributed by atoms with E-state index >= 15 is 0 Å². The van der Waals surface area contributed by atoms with Gasteiger partial charge in [-0.05, 0) is 30.2 Å². The maximum atomic E-state index is 11.6. The topological polar surface area (TPSA) is 59.9 Å². The fraction of sp³-hybridized carbons (Fsp3) is 0.273. The van der Waals surface area contributed by atoms with E-state index in [1.807, 2.05) is 25.1 Å². The Bertz CT molecular complexity index is 589. The van der Waals surface area contributed by atoms with Gasteiger partial charge in [0.05, 0.1) is 13.7 Å². The number of nitrogens with one attached hydrogen (secondary N) is 1. The van der Waals surface area contributed by atoms with Crippen LogP contribution in [0.25, 0.3) is 0 Å². The van der Waals surface area contributed by atoms with E-state index in [1.165, 1.54) is 11.7 Å². The number of hydrogen-bond acceptors (Lipinski definition) is 3. The van der Waals surface area contributed by atoms with Crippen molar-refractivity contribution in [3.05, 3.63) is 44.3 Å². The van der Waals surface area contributed by atoms with Gasteiger partial charge in [0.15, 0.2) is 0 Å². The Morgan fingerprint density at radius 1 is 1.53 bits per heavy atom. The number of aryl methyl sites for hydroxylation is 1. The molecule has 0 unspecified atom stereocenters. The Kier molecular flexibility index (Phi) is 3.33. The number of halogens is 1. The number of aromatic nitrogens is 3. The first kappa shape index (κ1) is 11.9. The van der Waals surface area contributed by atoms with Gasteiger partial charge in [-0.1, -0.05) is 22.0 Å². The van der Waals surface area contributed by atoms with Crippen molar-refractivity contribution in [2.45, 2.75) is 13.5 Å². The molecule has 0 amide bonds. The summed E-state index contributed by atoms with van der Waals surface area (Å²) in [6, 6.07) is 6.23. The zero-order valence-corrected chi connectivity index (χ0v) is 11.1. The molecule has 0 aliphatic carbocycles. The molecule has 1 aromatic heterocycles. The molecule has 2 aromatic rings. The average Bonchev–Trinajstić information content (AvgIpc) is 2.65. The first-order valence-corrected chi connectivity index (χ1v) is 5.85. The van der Waals surface area contributed by atoms with Crippen LogP contribution in [-0.2, 0) is 6.54 Å². The minimum Gasteiger partial charge on any atom is -0.467 e. The van der Waals surface area contributed by atoms with Crippen LogP contribution in [0.3, 0.4) is 0 Å². The summed E-state index contributed by atoms with van der Waals surface area (Å²) in [6.07, 6.45) is 0. The number of nitrogens with zero attached hydrogens (tertiary/aromatic N) is 2. The Balaban J connectivity index is 2.40. The van der Waals surface area contributed by atoms with Crippen molar-refractivity contribution in [3.8, 4) is 6.01 Å². The van der Waals surface area contributed by atoms with Crippen molar-refractivity contribution >= 4 is 15.9 Å². The zero-order chi connectivity index (χ0) is 12.4. The lowest BCUT2D eigenvalue weighted by Crippen LogP contribution is -2.18. The highest BCUT2D eigenvalue weighted by atomic mass is 79.9. The average molecular weight is 298 g/mol. The van der Waals surface area contributed by atoms with Crippen molar-refractivity contribution in [1.29, 1.82) is 0 Å². The predicted molar refractivity (Wildman–Crippen MR) is 67.4 cm³/mol. The number of methoxy groups -OCH3 is 1. The molecular formula is C11H12BrN3O2. The Morgan fingerprint density at radius 2 is 2.29 bits per heavy atom. The molecule has 0 aliphatic heterocycles. The lowest BCUT2D eigenvalue weighted by atomic mass is 10.1. The molecule has 2 rings (SSSR count). The molecule has 0 bridgehead atoms. The van der Waals surface area contributed by atoms with Crippen LogP contribution in [0.4, 0.5) is 0 Å². The minimum atomic E-state index is -0.277. The second kappa shape index (κ2) is 4.75. The molecule has 6 heteroatoms. The van der Waals surface area contributed by atoms with Crippen molar-refractivity contribution in [3.63, 3.8) is 0 Å². The predicted octanol–water partition coefficient (Wildman–Crippen LogP) is 1.70. The molecule has 0 aliphatic rings. The molecular weight excluding hydrogens is 286 g/mol. The second-order valence-electron chi connectivity index (χ2n) is 3.67. The smallest absolute Gasteiger partial charge is 0.346 e. The quantitative estimate of drug-likeness (QED) is 0.938. The van der Waals surface area contributed by atoms with Gasteiger partial charge in [-0.25, -0.2) is 14.5 Å². The van der Waals surface area contributed by atoms with Crippen LogP contribution < -0.4 is 10.4 Å². The molecule has 0 saturated heterocycles. The molecule has 90 valence electrons. The Morgan fingerprint density at radius 3 is 3.00 bits per heavy atom. The lowest BCUT2D eigenvalue weighted by Gasteiger charge is -2.08. The van der Waals surface area contributed by atoms with Crippen LogP contribution in [-0.4, -0.2) is 21.9 Å². The SMILES string of the molecule is COc1n[nH]c(=O)n1Cc1cc(Br)ccc1C. The fourth-order valence-electron chi connectivity index (χ4n) is 1.58. The van der Waals surface area contributed by atoms with E-state index < -0.39 is 0 Å². The van der Waals surface area contributed by atoms with Crippen LogP contribution >= 0.6 is 15.9 Å². The summed E-state index contributed by atoms with van der Waals surface area (Å²) in [4.78, 5) is 11.6. The third kappa shape index (κ3) is 2.41. The molecule has 0 atom stereocenters. The largest absolute Gasteiger partial charge is 0.467 e. The second-order valence-corrected chi connectivity index (χ2v) is 4.59. The number of H-pyrrole nitrogens is 1. The molecule has 1 heterocycles. The third-order valence-corrected chi connectivity index (χ3v) is 3.04. The lowest BCUT2D eigenvalue weighted by molar-refractivity contribution is 0.358. The monoisotopic (exact) mass is 297 g/mol. The number of rotatable bonds is 3. The van der Waals surface area contributed by atoms with Gasteiger partial charge in [0.2, 0.25) is 0 Å². The van der Waals surface area contributed by atoms with Crippen molar-refractivity contribution in [2.75, 3.05) is 7.11 Å². The third-order valence-electron chi connectivity index (χ3n) is 2.55. The maximum Gasteiger partial charge on any atom is 0.346 e. The highest BCUT2D eigenvalue weighted by Crippen LogP contribution is 2.17. The van der Waals surface area contributed by atoms with Gasteiger partial charge in [0.1, 0.15) is 0 Å². The Labute approximate surface area is 107 Å². The summed E-state index contributed by atoms with van der Waals surface area (Å²) >= 11 is 3.41. The molecule has 0 saturated carbocycles. The van der Waals surface area contributed by atoms with Crippen LogP contribution in [0.15, 0.2) is 27.5 Å². The molecule has 1 aromatic carbocycles. The summed E-state index contributed by atoms with van der Waals surface area (Å²) in [5.41, 5.74) is 1.88. The van der Waals surface area contributed by atoms with E-state index in [4.69, 9.17) is 4.74 Å². The highest BCUT2D eigenvalue weighted by molar-refractivity contribution is 9.10. The molecule has 0 radical (unpaired) electrons. The van der Waals surface area contributed by atoms with Gasteiger partial charge in [0, 0.05) is 4.47 Å². The highest BCUT2D eigenvalue weighted by Gasteiger charge is 2.10. The summed E-state index contributed by atoms with van der Waals surface area (Å²) in [5, 5.41) is 6.14. The Hall–Kier alpha value is -1.56. The summed E-state index contributed by atoms with van der Waals surface area (Å²) in [7, 11) is 1.49. The molecule has 0 fully saturated rings. The zero-order valence-electron chi connectivity index (χ0n) is 9.53. The van der Waals surface area contributed by atoms with Crippen molar-refractivity contribution in [2.24, 2.45) is 0 Å². The first-order valence-electron chi connectivity index (χ1n) is 5.06. The van der Waals surface area contributed by atoms with Crippen LogP contribution in [0.2, 0.25) is 0 Å². The molecule has 1 N–H and O–H groups in total. The molecule has 17 heavy (non-hydrogen) atoms. The standard InChI is InChI=1S/C11H12BrN3O2/c1-7-3-4-9(12)5-8(7)6-15-10(16)13-14-11(15)17-2/h3-5H,6H2,1-2H3,(H,13,16). The van der Waals surface area contributed by atoms with Gasteiger partial charge in [-0.3, -0.25) is 0 Å². The molecule has 5 nitrogen and oxygen atoms in total. The summed E-state index contributed by atoms with van der Waals surface area (Å²) < 4.78 is 7.45. The maximum absolute atomic E-state index is 11.6. The van der Waals surface area contributed by atoms with E-state index in [0.717, 1.165) is 15.6 Å². The summed E-state index contributed by atoms with van der Waals surface area (Å²) in [5.74, 6) is 0. The molecule has 0 spiro atoms. The summed E-state index contributed by atoms with van der Waals surface area (Å²) in [6.45, 7) is 2.43. The number of aromatic amines is 1. The fourth-order valence-corrected chi connectivity index (χ4v) is 1.99. The number of ether oxygens (including phenoxy) is 1. The number of hydrogen-bond donors (Lipinski definition) is 1. The van der Waals surface area contributed by atoms with E-state index in [0.29, 0.717) is 6.54 Å². The van der Waals surface area contributed by atoms with E-state index in [2.05, 4.69) is 26.1 Å². The number of benzene rings is 1. The van der Waals surface area contributed by atoms with E-state index in [-0.39, 0.29) is 11.7 Å². The van der Waals surface area contributed by atoms with Gasteiger partial charge < -0.3 is 4.74 Å². The van der Waals surface area contributed by atoms with E-state index in [1.54, 1.807) is 0 Å². The van der Waals surface area contributed by atoms with Crippen molar-refractivity contribution < 1.29 is 4.74 Å². The van der Waals surface area contributed by atoms with E-state index in [9.17, 15) is 4.79 Å². The van der Waals surface area contributed by atoms with Gasteiger partial charge in [-0.2, -0.15) is 0 Å².